The van der Waals surface area contributed by atoms with E-state index >= 15 is 0 Å². The van der Waals surface area contributed by atoms with Crippen LogP contribution in [0.1, 0.15) is 32.6 Å². The molecule has 1 N–H and O–H groups in total. The summed E-state index contributed by atoms with van der Waals surface area (Å²) < 4.78 is 1.88. The van der Waals surface area contributed by atoms with E-state index in [1.54, 1.807) is 12.7 Å². The Kier molecular flexibility index (Phi) is 3.72. The highest BCUT2D eigenvalue weighted by Gasteiger charge is 2.15. The van der Waals surface area contributed by atoms with Crippen molar-refractivity contribution < 1.29 is 0 Å². The van der Waals surface area contributed by atoms with Crippen molar-refractivity contribution in [3.63, 3.8) is 0 Å². The number of aromatic nitrogens is 3. The molecular formula is C11H20N4. The highest BCUT2D eigenvalue weighted by Crippen LogP contribution is 2.23. The van der Waals surface area contributed by atoms with Gasteiger partial charge in [-0.25, -0.2) is 4.98 Å². The maximum Gasteiger partial charge on any atom is 0.137 e. The third kappa shape index (κ3) is 3.30. The molecule has 1 unspecified atom stereocenters. The van der Waals surface area contributed by atoms with Gasteiger partial charge in [-0.2, -0.15) is 5.10 Å². The van der Waals surface area contributed by atoms with Crippen LogP contribution < -0.4 is 5.32 Å². The van der Waals surface area contributed by atoms with Gasteiger partial charge in [-0.05, 0) is 32.2 Å². The minimum Gasteiger partial charge on any atom is -0.312 e. The molecule has 0 spiro atoms. The number of nitrogens with one attached hydrogen (secondary N) is 1. The summed E-state index contributed by atoms with van der Waals surface area (Å²) in [6.45, 7) is 4.28. The molecule has 2 rings (SSSR count). The Bertz CT molecular complexity index is 264. The van der Waals surface area contributed by atoms with Gasteiger partial charge in [0.05, 0.1) is 6.54 Å². The Labute approximate surface area is 91.1 Å². The van der Waals surface area contributed by atoms with Crippen LogP contribution in [0.3, 0.4) is 0 Å². The molecule has 1 fully saturated rings. The molecule has 1 heterocycles. The largest absolute Gasteiger partial charge is 0.312 e. The minimum atomic E-state index is 0.479. The van der Waals surface area contributed by atoms with E-state index in [1.165, 1.54) is 25.7 Å². The van der Waals surface area contributed by atoms with Crippen molar-refractivity contribution in [1.29, 1.82) is 0 Å². The lowest BCUT2D eigenvalue weighted by Crippen LogP contribution is -2.33. The van der Waals surface area contributed by atoms with Crippen LogP contribution in [0.25, 0.3) is 0 Å². The van der Waals surface area contributed by atoms with Crippen molar-refractivity contribution in [2.75, 3.05) is 6.54 Å². The van der Waals surface area contributed by atoms with E-state index in [1.807, 2.05) is 4.68 Å². The van der Waals surface area contributed by atoms with Gasteiger partial charge in [-0.1, -0.05) is 12.8 Å². The van der Waals surface area contributed by atoms with Crippen LogP contribution in [0, 0.1) is 5.92 Å². The van der Waals surface area contributed by atoms with E-state index in [0.29, 0.717) is 6.04 Å². The van der Waals surface area contributed by atoms with Gasteiger partial charge in [0.15, 0.2) is 0 Å². The molecule has 0 bridgehead atoms. The molecule has 1 atom stereocenters. The van der Waals surface area contributed by atoms with Crippen molar-refractivity contribution in [3.05, 3.63) is 12.7 Å². The van der Waals surface area contributed by atoms with Crippen LogP contribution in [0.15, 0.2) is 12.7 Å². The molecule has 1 saturated carbocycles. The topological polar surface area (TPSA) is 42.7 Å². The molecule has 0 radical (unpaired) electrons. The fourth-order valence-corrected chi connectivity index (χ4v) is 2.25. The molecular weight excluding hydrogens is 188 g/mol. The predicted octanol–water partition coefficient (Wildman–Crippen LogP) is 1.45. The highest BCUT2D eigenvalue weighted by molar-refractivity contribution is 4.72. The van der Waals surface area contributed by atoms with Gasteiger partial charge in [0.25, 0.3) is 0 Å². The number of hydrogen-bond donors (Lipinski definition) is 1. The van der Waals surface area contributed by atoms with Crippen LogP contribution in [0.4, 0.5) is 0 Å². The third-order valence-corrected chi connectivity index (χ3v) is 3.16. The SMILES string of the molecule is CC(Cn1cncn1)NCC1CCCC1. The first-order chi connectivity index (χ1) is 7.34. The lowest BCUT2D eigenvalue weighted by molar-refractivity contribution is 0.402. The van der Waals surface area contributed by atoms with Crippen LogP contribution in [0.2, 0.25) is 0 Å². The highest BCUT2D eigenvalue weighted by atomic mass is 15.3. The van der Waals surface area contributed by atoms with Gasteiger partial charge in [0, 0.05) is 6.04 Å². The first kappa shape index (κ1) is 10.6. The van der Waals surface area contributed by atoms with Gasteiger partial charge in [-0.15, -0.1) is 0 Å². The summed E-state index contributed by atoms with van der Waals surface area (Å²) in [4.78, 5) is 3.94. The molecule has 0 saturated heterocycles. The third-order valence-electron chi connectivity index (χ3n) is 3.16. The Morgan fingerprint density at radius 3 is 2.93 bits per heavy atom. The van der Waals surface area contributed by atoms with Gasteiger partial charge in [-0.3, -0.25) is 4.68 Å². The second-order valence-corrected chi connectivity index (χ2v) is 4.58. The average molecular weight is 208 g/mol. The van der Waals surface area contributed by atoms with E-state index in [-0.39, 0.29) is 0 Å². The van der Waals surface area contributed by atoms with Crippen LogP contribution in [-0.4, -0.2) is 27.4 Å². The summed E-state index contributed by atoms with van der Waals surface area (Å²) in [5.74, 6) is 0.906. The molecule has 1 aromatic rings. The van der Waals surface area contributed by atoms with E-state index in [4.69, 9.17) is 0 Å². The Morgan fingerprint density at radius 2 is 2.27 bits per heavy atom. The number of hydrogen-bond acceptors (Lipinski definition) is 3. The van der Waals surface area contributed by atoms with Crippen LogP contribution in [-0.2, 0) is 6.54 Å². The first-order valence-corrected chi connectivity index (χ1v) is 5.90. The van der Waals surface area contributed by atoms with Crippen molar-refractivity contribution in [2.45, 2.75) is 45.2 Å². The normalized spacial score (nSPS) is 19.5. The maximum absolute atomic E-state index is 4.10. The van der Waals surface area contributed by atoms with Crippen molar-refractivity contribution >= 4 is 0 Å². The average Bonchev–Trinajstić information content (AvgIpc) is 2.86. The molecule has 1 aliphatic rings. The summed E-state index contributed by atoms with van der Waals surface area (Å²) in [6, 6.07) is 0.479. The fourth-order valence-electron chi connectivity index (χ4n) is 2.25. The van der Waals surface area contributed by atoms with Crippen LogP contribution >= 0.6 is 0 Å². The number of nitrogens with zero attached hydrogens (tertiary/aromatic N) is 3. The predicted molar refractivity (Wildman–Crippen MR) is 59.4 cm³/mol. The summed E-state index contributed by atoms with van der Waals surface area (Å²) in [5, 5.41) is 7.68. The molecule has 1 aliphatic carbocycles. The van der Waals surface area contributed by atoms with Gasteiger partial charge >= 0.3 is 0 Å². The fraction of sp³-hybridized carbons (Fsp3) is 0.818. The zero-order valence-electron chi connectivity index (χ0n) is 9.39. The summed E-state index contributed by atoms with van der Waals surface area (Å²) in [6.07, 6.45) is 9.01. The van der Waals surface area contributed by atoms with E-state index in [9.17, 15) is 0 Å². The molecule has 0 aliphatic heterocycles. The Morgan fingerprint density at radius 1 is 1.47 bits per heavy atom. The lowest BCUT2D eigenvalue weighted by atomic mass is 10.1. The zero-order valence-corrected chi connectivity index (χ0v) is 9.39. The van der Waals surface area contributed by atoms with E-state index in [2.05, 4.69) is 22.3 Å². The second-order valence-electron chi connectivity index (χ2n) is 4.58. The van der Waals surface area contributed by atoms with Gasteiger partial charge in [0.2, 0.25) is 0 Å². The Hall–Kier alpha value is -0.900. The zero-order chi connectivity index (χ0) is 10.5. The summed E-state index contributed by atoms with van der Waals surface area (Å²) in [7, 11) is 0. The van der Waals surface area contributed by atoms with Crippen molar-refractivity contribution in [3.8, 4) is 0 Å². The molecule has 1 aromatic heterocycles. The van der Waals surface area contributed by atoms with Crippen molar-refractivity contribution in [1.82, 2.24) is 20.1 Å². The Balaban J connectivity index is 1.66. The van der Waals surface area contributed by atoms with E-state index in [0.717, 1.165) is 19.0 Å². The molecule has 4 nitrogen and oxygen atoms in total. The second kappa shape index (κ2) is 5.26. The van der Waals surface area contributed by atoms with Gasteiger partial charge < -0.3 is 5.32 Å². The first-order valence-electron chi connectivity index (χ1n) is 5.90. The summed E-state index contributed by atoms with van der Waals surface area (Å²) >= 11 is 0. The quantitative estimate of drug-likeness (QED) is 0.796. The summed E-state index contributed by atoms with van der Waals surface area (Å²) in [5.41, 5.74) is 0. The monoisotopic (exact) mass is 208 g/mol. The lowest BCUT2D eigenvalue weighted by Gasteiger charge is -2.16. The van der Waals surface area contributed by atoms with Crippen molar-refractivity contribution in [2.24, 2.45) is 5.92 Å². The molecule has 0 amide bonds. The molecule has 0 aromatic carbocycles. The molecule has 15 heavy (non-hydrogen) atoms. The molecule has 4 heteroatoms. The van der Waals surface area contributed by atoms with Gasteiger partial charge in [0.1, 0.15) is 12.7 Å². The van der Waals surface area contributed by atoms with Crippen LogP contribution in [0.5, 0.6) is 0 Å². The smallest absolute Gasteiger partial charge is 0.137 e. The van der Waals surface area contributed by atoms with E-state index < -0.39 is 0 Å². The minimum absolute atomic E-state index is 0.479. The maximum atomic E-state index is 4.10. The standard InChI is InChI=1S/C11H20N4/c1-10(7-15-9-12-8-14-15)13-6-11-4-2-3-5-11/h8-11,13H,2-7H2,1H3. The molecule has 84 valence electrons. The number of rotatable bonds is 5.